The number of urea groups is 1. The number of carbonyl (C=O) groups excluding carboxylic acids is 3. The van der Waals surface area contributed by atoms with Crippen molar-refractivity contribution in [2.24, 2.45) is 0 Å². The maximum absolute atomic E-state index is 12.2. The first kappa shape index (κ1) is 20.9. The molecule has 0 unspecified atom stereocenters. The quantitative estimate of drug-likeness (QED) is 0.664. The van der Waals surface area contributed by atoms with Crippen LogP contribution in [0.15, 0.2) is 22.8 Å². The van der Waals surface area contributed by atoms with Gasteiger partial charge in [0.05, 0.1) is 25.9 Å². The van der Waals surface area contributed by atoms with Crippen LogP contribution in [0.4, 0.5) is 4.79 Å². The van der Waals surface area contributed by atoms with Gasteiger partial charge in [-0.25, -0.2) is 4.79 Å². The lowest BCUT2D eigenvalue weighted by Crippen LogP contribution is -2.52. The normalized spacial score (nSPS) is 15.3. The van der Waals surface area contributed by atoms with Crippen LogP contribution in [0.3, 0.4) is 0 Å². The second-order valence-electron chi connectivity index (χ2n) is 6.43. The monoisotopic (exact) mass is 379 g/mol. The molecule has 9 heteroatoms. The SMILES string of the molecule is CCN(CC)C(=O)CN1CCN(CC(=O)NC(=O)NCc2ccco2)CC1. The van der Waals surface area contributed by atoms with Crippen LogP contribution in [-0.2, 0) is 16.1 Å². The van der Waals surface area contributed by atoms with E-state index in [1.165, 1.54) is 6.26 Å². The van der Waals surface area contributed by atoms with Gasteiger partial charge in [0.25, 0.3) is 0 Å². The smallest absolute Gasteiger partial charge is 0.321 e. The lowest BCUT2D eigenvalue weighted by molar-refractivity contribution is -0.132. The molecule has 1 aliphatic heterocycles. The lowest BCUT2D eigenvalue weighted by atomic mass is 10.3. The summed E-state index contributed by atoms with van der Waals surface area (Å²) < 4.78 is 5.11. The maximum Gasteiger partial charge on any atom is 0.321 e. The van der Waals surface area contributed by atoms with Crippen LogP contribution in [0.25, 0.3) is 0 Å². The van der Waals surface area contributed by atoms with Gasteiger partial charge in [-0.3, -0.25) is 24.7 Å². The molecule has 0 aliphatic carbocycles. The minimum absolute atomic E-state index is 0.138. The molecule has 2 heterocycles. The minimum atomic E-state index is -0.542. The molecule has 2 rings (SSSR count). The van der Waals surface area contributed by atoms with Gasteiger partial charge >= 0.3 is 6.03 Å². The van der Waals surface area contributed by atoms with Gasteiger partial charge < -0.3 is 14.6 Å². The molecule has 1 aromatic heterocycles. The van der Waals surface area contributed by atoms with E-state index in [-0.39, 0.29) is 24.9 Å². The van der Waals surface area contributed by atoms with Crippen LogP contribution in [0.5, 0.6) is 0 Å². The summed E-state index contributed by atoms with van der Waals surface area (Å²) in [6, 6.07) is 2.93. The zero-order chi connectivity index (χ0) is 19.6. The number of likely N-dealkylation sites (N-methyl/N-ethyl adjacent to an activating group) is 1. The van der Waals surface area contributed by atoms with Crippen LogP contribution in [0, 0.1) is 0 Å². The standard InChI is InChI=1S/C18H29N5O4/c1-3-23(4-2)17(25)14-22-9-7-21(8-10-22)13-16(24)20-18(26)19-12-15-6-5-11-27-15/h5-6,11H,3-4,7-10,12-14H2,1-2H3,(H2,19,20,24,26). The molecule has 0 spiro atoms. The Balaban J connectivity index is 1.63. The molecule has 0 aromatic carbocycles. The molecule has 1 fully saturated rings. The molecule has 0 atom stereocenters. The number of rotatable bonds is 8. The van der Waals surface area contributed by atoms with Crippen molar-refractivity contribution in [2.75, 3.05) is 52.4 Å². The fraction of sp³-hybridized carbons (Fsp3) is 0.611. The number of hydrogen-bond donors (Lipinski definition) is 2. The Morgan fingerprint density at radius 3 is 2.26 bits per heavy atom. The van der Waals surface area contributed by atoms with Gasteiger partial charge in [-0.15, -0.1) is 0 Å². The van der Waals surface area contributed by atoms with E-state index in [2.05, 4.69) is 15.5 Å². The molecule has 2 N–H and O–H groups in total. The molecule has 150 valence electrons. The Morgan fingerprint density at radius 2 is 1.70 bits per heavy atom. The van der Waals surface area contributed by atoms with E-state index in [9.17, 15) is 14.4 Å². The topological polar surface area (TPSA) is 98.1 Å². The molecule has 27 heavy (non-hydrogen) atoms. The summed E-state index contributed by atoms with van der Waals surface area (Å²) in [5.41, 5.74) is 0. The van der Waals surface area contributed by atoms with Gasteiger partial charge in [-0.1, -0.05) is 0 Å². The Hall–Kier alpha value is -2.39. The van der Waals surface area contributed by atoms with Gasteiger partial charge in [-0.2, -0.15) is 0 Å². The average molecular weight is 379 g/mol. The van der Waals surface area contributed by atoms with E-state index in [4.69, 9.17) is 4.42 Å². The van der Waals surface area contributed by atoms with E-state index in [0.29, 0.717) is 25.4 Å². The van der Waals surface area contributed by atoms with Gasteiger partial charge in [0.2, 0.25) is 11.8 Å². The molecular weight excluding hydrogens is 350 g/mol. The third kappa shape index (κ3) is 7.03. The number of nitrogens with zero attached hydrogens (tertiary/aromatic N) is 3. The van der Waals surface area contributed by atoms with Crippen molar-refractivity contribution in [2.45, 2.75) is 20.4 Å². The second-order valence-corrected chi connectivity index (χ2v) is 6.43. The minimum Gasteiger partial charge on any atom is -0.467 e. The van der Waals surface area contributed by atoms with Crippen molar-refractivity contribution in [3.8, 4) is 0 Å². The third-order valence-electron chi connectivity index (χ3n) is 4.56. The number of hydrogen-bond acceptors (Lipinski definition) is 6. The van der Waals surface area contributed by atoms with Crippen molar-refractivity contribution in [3.63, 3.8) is 0 Å². The largest absolute Gasteiger partial charge is 0.467 e. The summed E-state index contributed by atoms with van der Waals surface area (Å²) in [5, 5.41) is 4.89. The summed E-state index contributed by atoms with van der Waals surface area (Å²) in [4.78, 5) is 41.8. The molecule has 1 saturated heterocycles. The first-order valence-electron chi connectivity index (χ1n) is 9.34. The Morgan fingerprint density at radius 1 is 1.07 bits per heavy atom. The number of amides is 4. The van der Waals surface area contributed by atoms with Crippen molar-refractivity contribution in [1.29, 1.82) is 0 Å². The summed E-state index contributed by atoms with van der Waals surface area (Å²) in [5.74, 6) is 0.409. The molecule has 0 radical (unpaired) electrons. The fourth-order valence-electron chi connectivity index (χ4n) is 2.97. The van der Waals surface area contributed by atoms with Crippen molar-refractivity contribution >= 4 is 17.8 Å². The summed E-state index contributed by atoms with van der Waals surface area (Å²) in [6.07, 6.45) is 1.52. The number of carbonyl (C=O) groups is 3. The summed E-state index contributed by atoms with van der Waals surface area (Å²) in [7, 11) is 0. The molecule has 1 aliphatic rings. The first-order chi connectivity index (χ1) is 13.0. The van der Waals surface area contributed by atoms with Gasteiger partial charge in [0.1, 0.15) is 5.76 Å². The zero-order valence-corrected chi connectivity index (χ0v) is 16.1. The van der Waals surface area contributed by atoms with Crippen molar-refractivity contribution < 1.29 is 18.8 Å². The number of furan rings is 1. The van der Waals surface area contributed by atoms with Crippen LogP contribution in [-0.4, -0.2) is 84.9 Å². The Bertz CT molecular complexity index is 607. The van der Waals surface area contributed by atoms with Crippen LogP contribution >= 0.6 is 0 Å². The summed E-state index contributed by atoms with van der Waals surface area (Å²) in [6.45, 7) is 9.02. The number of nitrogens with one attached hydrogen (secondary N) is 2. The highest BCUT2D eigenvalue weighted by molar-refractivity contribution is 5.95. The molecule has 0 saturated carbocycles. The van der Waals surface area contributed by atoms with E-state index >= 15 is 0 Å². The van der Waals surface area contributed by atoms with Gasteiger partial charge in [0, 0.05) is 39.3 Å². The van der Waals surface area contributed by atoms with Crippen molar-refractivity contribution in [1.82, 2.24) is 25.3 Å². The number of imide groups is 1. The fourth-order valence-corrected chi connectivity index (χ4v) is 2.97. The number of piperazine rings is 1. The first-order valence-corrected chi connectivity index (χ1v) is 9.34. The predicted octanol–water partition coefficient (Wildman–Crippen LogP) is 0.0914. The molecule has 4 amide bonds. The van der Waals surface area contributed by atoms with Gasteiger partial charge in [0.15, 0.2) is 0 Å². The predicted molar refractivity (Wildman–Crippen MR) is 99.9 cm³/mol. The van der Waals surface area contributed by atoms with E-state index in [1.54, 1.807) is 12.1 Å². The van der Waals surface area contributed by atoms with Crippen LogP contribution < -0.4 is 10.6 Å². The second kappa shape index (κ2) is 10.7. The van der Waals surface area contributed by atoms with Crippen LogP contribution in [0.2, 0.25) is 0 Å². The molecular formula is C18H29N5O4. The molecule has 1 aromatic rings. The lowest BCUT2D eigenvalue weighted by Gasteiger charge is -2.34. The molecule has 9 nitrogen and oxygen atoms in total. The third-order valence-corrected chi connectivity index (χ3v) is 4.56. The van der Waals surface area contributed by atoms with Crippen molar-refractivity contribution in [3.05, 3.63) is 24.2 Å². The molecule has 0 bridgehead atoms. The summed E-state index contributed by atoms with van der Waals surface area (Å²) >= 11 is 0. The highest BCUT2D eigenvalue weighted by Crippen LogP contribution is 2.03. The van der Waals surface area contributed by atoms with E-state index in [0.717, 1.165) is 26.2 Å². The zero-order valence-electron chi connectivity index (χ0n) is 16.1. The average Bonchev–Trinajstić information content (AvgIpc) is 3.16. The van der Waals surface area contributed by atoms with Crippen LogP contribution in [0.1, 0.15) is 19.6 Å². The highest BCUT2D eigenvalue weighted by atomic mass is 16.3. The van der Waals surface area contributed by atoms with E-state index < -0.39 is 6.03 Å². The highest BCUT2D eigenvalue weighted by Gasteiger charge is 2.22. The Kier molecular flexibility index (Phi) is 8.28. The van der Waals surface area contributed by atoms with E-state index in [1.807, 2.05) is 23.6 Å². The Labute approximate surface area is 159 Å². The maximum atomic E-state index is 12.2. The van der Waals surface area contributed by atoms with Gasteiger partial charge in [-0.05, 0) is 26.0 Å².